The molecule has 1 spiro atoms. The Morgan fingerprint density at radius 1 is 0.980 bits per heavy atom. The number of para-hydroxylation sites is 1. The zero-order valence-corrected chi connectivity index (χ0v) is 28.2. The molecule has 7 atom stereocenters. The fourth-order valence-corrected chi connectivity index (χ4v) is 7.85. The minimum Gasteiger partial charge on any atom is -0.455 e. The van der Waals surface area contributed by atoms with Gasteiger partial charge in [-0.3, -0.25) is 19.2 Å². The lowest BCUT2D eigenvalue weighted by Gasteiger charge is -2.35. The Bertz CT molecular complexity index is 1830. The van der Waals surface area contributed by atoms with E-state index in [0.717, 1.165) is 5.52 Å². The van der Waals surface area contributed by atoms with Gasteiger partial charge in [0.05, 0.1) is 23.6 Å². The summed E-state index contributed by atoms with van der Waals surface area (Å²) in [6, 6.07) is 15.1. The molecule has 262 valence electrons. The number of benzene rings is 2. The van der Waals surface area contributed by atoms with Crippen molar-refractivity contribution in [1.29, 1.82) is 0 Å². The van der Waals surface area contributed by atoms with Crippen molar-refractivity contribution < 1.29 is 33.8 Å². The molecule has 0 radical (unpaired) electrons. The standard InChI is InChI=1S/C37H42N6O7/c1-24-32(25-13-5-3-6-14-25)49-36(48)30-28-18-19-37(50-28)31(30)34(46)42(21-11-12-22-44)33(37)35(47)41(20-10-4-7-17-29(45)40(24)2)23-43-27-16-9-8-15-26(27)38-39-43/h3-6,8-10,13-16,18-19,24,28,30-33,44H,7,11-12,17,20-23H2,1-2H3/b10-4-/t24-,28+,30-,31-,32+,33+,37-/m1/s1. The van der Waals surface area contributed by atoms with E-state index in [4.69, 9.17) is 9.47 Å². The first kappa shape index (κ1) is 33.6. The molecule has 1 aromatic heterocycles. The number of esters is 1. The van der Waals surface area contributed by atoms with Gasteiger partial charge in [-0.1, -0.05) is 72.0 Å². The number of likely N-dealkylation sites (N-methyl/N-ethyl adjacent to an activating group) is 1. The third-order valence-electron chi connectivity index (χ3n) is 10.6. The van der Waals surface area contributed by atoms with Crippen molar-refractivity contribution in [2.45, 2.75) is 69.2 Å². The van der Waals surface area contributed by atoms with Gasteiger partial charge in [0.1, 0.15) is 35.9 Å². The predicted octanol–water partition coefficient (Wildman–Crippen LogP) is 2.62. The minimum atomic E-state index is -1.40. The third kappa shape index (κ3) is 5.77. The second kappa shape index (κ2) is 13.8. The van der Waals surface area contributed by atoms with Crippen molar-refractivity contribution >= 4 is 34.7 Å². The number of hydrogen-bond acceptors (Lipinski definition) is 9. The average molecular weight is 683 g/mol. The second-order valence-corrected chi connectivity index (χ2v) is 13.5. The SMILES string of the molecule is C[C@@H]1[C@@H](c2ccccc2)OC(=O)[C@@H]2[C@@H]3C=C[C@]4(O3)[C@H](C(=O)N(Cn3nnc5ccccc53)C/C=C\CCC(=O)N1C)N(CCCCO)C(=O)[C@@H]24. The Morgan fingerprint density at radius 3 is 2.56 bits per heavy atom. The monoisotopic (exact) mass is 682 g/mol. The fraction of sp³-hybridized carbons (Fsp3) is 0.459. The maximum Gasteiger partial charge on any atom is 0.313 e. The van der Waals surface area contributed by atoms with Gasteiger partial charge in [-0.05, 0) is 43.9 Å². The van der Waals surface area contributed by atoms with Gasteiger partial charge in [0.25, 0.3) is 5.91 Å². The van der Waals surface area contributed by atoms with Gasteiger partial charge < -0.3 is 29.3 Å². The first-order valence-corrected chi connectivity index (χ1v) is 17.3. The van der Waals surface area contributed by atoms with Crippen molar-refractivity contribution in [3.05, 3.63) is 84.5 Å². The van der Waals surface area contributed by atoms with E-state index in [1.807, 2.05) is 73.7 Å². The highest BCUT2D eigenvalue weighted by molar-refractivity contribution is 5.99. The first-order valence-electron chi connectivity index (χ1n) is 17.3. The molecule has 2 fully saturated rings. The van der Waals surface area contributed by atoms with Crippen LogP contribution in [0.1, 0.15) is 44.3 Å². The summed E-state index contributed by atoms with van der Waals surface area (Å²) in [6.07, 6.45) is 7.20. The van der Waals surface area contributed by atoms with E-state index in [9.17, 15) is 24.3 Å². The Balaban J connectivity index is 1.30. The molecular formula is C37H42N6O7. The summed E-state index contributed by atoms with van der Waals surface area (Å²) in [5, 5.41) is 18.1. The molecule has 0 aliphatic carbocycles. The Hall–Kier alpha value is -4.88. The van der Waals surface area contributed by atoms with Gasteiger partial charge in [0.2, 0.25) is 11.8 Å². The molecule has 1 N–H and O–H groups in total. The number of rotatable bonds is 7. The number of aromatic nitrogens is 3. The lowest BCUT2D eigenvalue weighted by Crippen LogP contribution is -2.56. The van der Waals surface area contributed by atoms with Crippen LogP contribution in [-0.2, 0) is 35.3 Å². The predicted molar refractivity (Wildman–Crippen MR) is 181 cm³/mol. The summed E-state index contributed by atoms with van der Waals surface area (Å²) in [4.78, 5) is 61.9. The highest BCUT2D eigenvalue weighted by atomic mass is 16.6. The largest absolute Gasteiger partial charge is 0.455 e. The molecule has 7 rings (SSSR count). The van der Waals surface area contributed by atoms with Crippen molar-refractivity contribution in [3.8, 4) is 0 Å². The normalized spacial score (nSPS) is 30.7. The molecule has 13 nitrogen and oxygen atoms in total. The second-order valence-electron chi connectivity index (χ2n) is 13.5. The molecule has 2 aromatic carbocycles. The van der Waals surface area contributed by atoms with Crippen LogP contribution in [-0.4, -0.2) is 109 Å². The number of hydrogen-bond donors (Lipinski definition) is 1. The van der Waals surface area contributed by atoms with Crippen LogP contribution < -0.4 is 0 Å². The maximum absolute atomic E-state index is 14.9. The van der Waals surface area contributed by atoms with Crippen LogP contribution in [0.3, 0.4) is 0 Å². The number of cyclic esters (lactones) is 1. The maximum atomic E-state index is 14.9. The van der Waals surface area contributed by atoms with Gasteiger partial charge in [-0.15, -0.1) is 5.10 Å². The van der Waals surface area contributed by atoms with Gasteiger partial charge in [-0.25, -0.2) is 4.68 Å². The van der Waals surface area contributed by atoms with Crippen LogP contribution >= 0.6 is 0 Å². The minimum absolute atomic E-state index is 0.0379. The smallest absolute Gasteiger partial charge is 0.313 e. The number of aliphatic hydroxyl groups excluding tert-OH is 1. The van der Waals surface area contributed by atoms with E-state index in [0.29, 0.717) is 30.3 Å². The number of carbonyl (C=O) groups is 4. The van der Waals surface area contributed by atoms with Crippen molar-refractivity contribution in [2.75, 3.05) is 26.7 Å². The van der Waals surface area contributed by atoms with E-state index in [2.05, 4.69) is 10.3 Å². The molecule has 50 heavy (non-hydrogen) atoms. The first-order chi connectivity index (χ1) is 24.2. The van der Waals surface area contributed by atoms with E-state index in [-0.39, 0.29) is 50.5 Å². The summed E-state index contributed by atoms with van der Waals surface area (Å²) >= 11 is 0. The number of unbranched alkanes of at least 4 members (excludes halogenated alkanes) is 1. The molecule has 2 saturated heterocycles. The third-order valence-corrected chi connectivity index (χ3v) is 10.6. The summed E-state index contributed by atoms with van der Waals surface area (Å²) in [7, 11) is 1.70. The Kier molecular flexibility index (Phi) is 9.27. The van der Waals surface area contributed by atoms with Gasteiger partial charge in [-0.2, -0.15) is 0 Å². The number of nitrogens with zero attached hydrogens (tertiary/aromatic N) is 6. The number of amides is 3. The molecule has 13 heteroatoms. The molecule has 4 aliphatic rings. The van der Waals surface area contributed by atoms with Gasteiger partial charge in [0.15, 0.2) is 0 Å². The molecule has 5 heterocycles. The molecule has 0 saturated carbocycles. The highest BCUT2D eigenvalue weighted by Gasteiger charge is 2.73. The molecule has 4 aliphatic heterocycles. The van der Waals surface area contributed by atoms with Crippen LogP contribution in [0.25, 0.3) is 11.0 Å². The van der Waals surface area contributed by atoms with Crippen LogP contribution in [0.2, 0.25) is 0 Å². The van der Waals surface area contributed by atoms with Crippen LogP contribution in [0.4, 0.5) is 0 Å². The van der Waals surface area contributed by atoms with Crippen LogP contribution in [0.5, 0.6) is 0 Å². The summed E-state index contributed by atoms with van der Waals surface area (Å²) < 4.78 is 14.5. The summed E-state index contributed by atoms with van der Waals surface area (Å²) in [5.74, 6) is -3.49. The summed E-state index contributed by atoms with van der Waals surface area (Å²) in [5.41, 5.74) is 0.729. The number of aliphatic hydroxyl groups is 1. The van der Waals surface area contributed by atoms with Gasteiger partial charge in [0, 0.05) is 33.2 Å². The number of carbonyl (C=O) groups excluding carboxylic acids is 4. The zero-order chi connectivity index (χ0) is 35.0. The van der Waals surface area contributed by atoms with E-state index in [1.54, 1.807) is 33.7 Å². The molecule has 3 aromatic rings. The summed E-state index contributed by atoms with van der Waals surface area (Å²) in [6.45, 7) is 2.18. The molecule has 5 bridgehead atoms. The molecule has 0 unspecified atom stereocenters. The molecule has 3 amide bonds. The lowest BCUT2D eigenvalue weighted by molar-refractivity contribution is -0.164. The quantitative estimate of drug-likeness (QED) is 0.226. The topological polar surface area (TPSA) is 147 Å². The van der Waals surface area contributed by atoms with E-state index < -0.39 is 47.7 Å². The number of fused-ring (bicyclic) bond motifs is 3. The fourth-order valence-electron chi connectivity index (χ4n) is 7.85. The Morgan fingerprint density at radius 2 is 1.76 bits per heavy atom. The zero-order valence-electron chi connectivity index (χ0n) is 28.2. The number of ether oxygens (including phenoxy) is 2. The average Bonchev–Trinajstić information content (AvgIpc) is 3.88. The van der Waals surface area contributed by atoms with Crippen LogP contribution in [0.15, 0.2) is 78.9 Å². The van der Waals surface area contributed by atoms with E-state index in [1.165, 1.54) is 4.90 Å². The van der Waals surface area contributed by atoms with Crippen molar-refractivity contribution in [1.82, 2.24) is 29.7 Å². The van der Waals surface area contributed by atoms with Crippen molar-refractivity contribution in [3.63, 3.8) is 0 Å². The number of likely N-dealkylation sites (tertiary alicyclic amines) is 1. The van der Waals surface area contributed by atoms with Crippen molar-refractivity contribution in [2.24, 2.45) is 11.8 Å². The van der Waals surface area contributed by atoms with Gasteiger partial charge >= 0.3 is 5.97 Å². The van der Waals surface area contributed by atoms with E-state index >= 15 is 0 Å². The highest BCUT2D eigenvalue weighted by Crippen LogP contribution is 2.56. The Labute approximate surface area is 290 Å². The van der Waals surface area contributed by atoms with Crippen LogP contribution in [0, 0.1) is 11.8 Å². The number of allylic oxidation sites excluding steroid dienone is 1. The molecular weight excluding hydrogens is 640 g/mol. The lowest BCUT2D eigenvalue weighted by atomic mass is 9.74.